The van der Waals surface area contributed by atoms with Gasteiger partial charge in [0.05, 0.1) is 5.56 Å². The Labute approximate surface area is 110 Å². The SMILES string of the molecule is O=C1NCCN1c1ccc2c(C(F)(F)F)csc2c1. The number of thiophene rings is 1. The highest BCUT2D eigenvalue weighted by molar-refractivity contribution is 7.17. The molecule has 1 aromatic carbocycles. The fraction of sp³-hybridized carbons (Fsp3) is 0.250. The Morgan fingerprint density at radius 3 is 2.74 bits per heavy atom. The maximum absolute atomic E-state index is 12.7. The molecule has 0 radical (unpaired) electrons. The average molecular weight is 286 g/mol. The van der Waals surface area contributed by atoms with E-state index < -0.39 is 11.7 Å². The molecule has 0 saturated carbocycles. The van der Waals surface area contributed by atoms with E-state index in [2.05, 4.69) is 5.32 Å². The molecule has 3 rings (SSSR count). The summed E-state index contributed by atoms with van der Waals surface area (Å²) in [6.45, 7) is 1.08. The number of carbonyl (C=O) groups excluding carboxylic acids is 1. The van der Waals surface area contributed by atoms with Crippen LogP contribution in [0.5, 0.6) is 0 Å². The van der Waals surface area contributed by atoms with E-state index >= 15 is 0 Å². The van der Waals surface area contributed by atoms with Gasteiger partial charge in [0.15, 0.2) is 0 Å². The summed E-state index contributed by atoms with van der Waals surface area (Å²) < 4.78 is 38.8. The van der Waals surface area contributed by atoms with Crippen molar-refractivity contribution in [1.82, 2.24) is 5.32 Å². The first-order valence-corrected chi connectivity index (χ1v) is 6.48. The Morgan fingerprint density at radius 1 is 1.32 bits per heavy atom. The number of hydrogen-bond donors (Lipinski definition) is 1. The number of nitrogens with zero attached hydrogens (tertiary/aromatic N) is 1. The number of urea groups is 1. The molecule has 0 spiro atoms. The molecular formula is C12H9F3N2OS. The van der Waals surface area contributed by atoms with Gasteiger partial charge in [-0.15, -0.1) is 11.3 Å². The van der Waals surface area contributed by atoms with Gasteiger partial charge in [-0.2, -0.15) is 13.2 Å². The first-order chi connectivity index (χ1) is 8.97. The van der Waals surface area contributed by atoms with Crippen molar-refractivity contribution in [2.45, 2.75) is 6.18 Å². The van der Waals surface area contributed by atoms with E-state index in [4.69, 9.17) is 0 Å². The normalized spacial score (nSPS) is 16.2. The van der Waals surface area contributed by atoms with Gasteiger partial charge in [0.2, 0.25) is 0 Å². The lowest BCUT2D eigenvalue weighted by molar-refractivity contribution is -0.136. The van der Waals surface area contributed by atoms with Crippen molar-refractivity contribution in [3.05, 3.63) is 29.1 Å². The van der Waals surface area contributed by atoms with Crippen LogP contribution in [0.15, 0.2) is 23.6 Å². The molecule has 0 bridgehead atoms. The van der Waals surface area contributed by atoms with E-state index in [1.54, 1.807) is 12.1 Å². The Morgan fingerprint density at radius 2 is 2.11 bits per heavy atom. The van der Waals surface area contributed by atoms with E-state index in [9.17, 15) is 18.0 Å². The lowest BCUT2D eigenvalue weighted by atomic mass is 10.1. The second-order valence-corrected chi connectivity index (χ2v) is 5.12. The number of benzene rings is 1. The topological polar surface area (TPSA) is 32.3 Å². The van der Waals surface area contributed by atoms with Crippen LogP contribution in [-0.2, 0) is 6.18 Å². The van der Waals surface area contributed by atoms with Gasteiger partial charge in [-0.05, 0) is 12.1 Å². The summed E-state index contributed by atoms with van der Waals surface area (Å²) in [4.78, 5) is 13.0. The number of amides is 2. The number of fused-ring (bicyclic) bond motifs is 1. The van der Waals surface area contributed by atoms with Crippen molar-refractivity contribution < 1.29 is 18.0 Å². The van der Waals surface area contributed by atoms with Crippen molar-refractivity contribution in [2.24, 2.45) is 0 Å². The highest BCUT2D eigenvalue weighted by Crippen LogP contribution is 2.39. The standard InChI is InChI=1S/C12H9F3N2OS/c13-12(14,15)9-6-19-10-5-7(1-2-8(9)10)17-4-3-16-11(17)18/h1-2,5-6H,3-4H2,(H,16,18). The second-order valence-electron chi connectivity index (χ2n) is 4.21. The summed E-state index contributed by atoms with van der Waals surface area (Å²) in [5.74, 6) is 0. The fourth-order valence-electron chi connectivity index (χ4n) is 2.12. The summed E-state index contributed by atoms with van der Waals surface area (Å²) in [7, 11) is 0. The maximum atomic E-state index is 12.7. The molecule has 7 heteroatoms. The quantitative estimate of drug-likeness (QED) is 0.855. The van der Waals surface area contributed by atoms with Crippen molar-refractivity contribution >= 4 is 33.1 Å². The number of halogens is 3. The van der Waals surface area contributed by atoms with Crippen LogP contribution in [0.2, 0.25) is 0 Å². The van der Waals surface area contributed by atoms with Crippen LogP contribution in [0.1, 0.15) is 5.56 Å². The van der Waals surface area contributed by atoms with Crippen molar-refractivity contribution in [3.8, 4) is 0 Å². The van der Waals surface area contributed by atoms with Crippen LogP contribution < -0.4 is 10.2 Å². The van der Waals surface area contributed by atoms with Crippen molar-refractivity contribution in [1.29, 1.82) is 0 Å². The molecule has 1 aromatic heterocycles. The number of alkyl halides is 3. The van der Waals surface area contributed by atoms with Gasteiger partial charge in [-0.1, -0.05) is 6.07 Å². The average Bonchev–Trinajstić information content (AvgIpc) is 2.92. The smallest absolute Gasteiger partial charge is 0.336 e. The molecule has 19 heavy (non-hydrogen) atoms. The summed E-state index contributed by atoms with van der Waals surface area (Å²) in [5, 5.41) is 3.95. The Hall–Kier alpha value is -1.76. The zero-order valence-corrected chi connectivity index (χ0v) is 10.4. The van der Waals surface area contributed by atoms with Crippen LogP contribution in [0.4, 0.5) is 23.7 Å². The molecule has 0 unspecified atom stereocenters. The monoisotopic (exact) mass is 286 g/mol. The first-order valence-electron chi connectivity index (χ1n) is 5.60. The lowest BCUT2D eigenvalue weighted by Crippen LogP contribution is -2.27. The maximum Gasteiger partial charge on any atom is 0.417 e. The van der Waals surface area contributed by atoms with Crippen LogP contribution in [0.3, 0.4) is 0 Å². The molecule has 0 aliphatic carbocycles. The third kappa shape index (κ3) is 2.03. The Balaban J connectivity index is 2.06. The number of rotatable bonds is 1. The number of carbonyl (C=O) groups is 1. The fourth-order valence-corrected chi connectivity index (χ4v) is 3.12. The molecule has 1 aliphatic heterocycles. The van der Waals surface area contributed by atoms with Crippen LogP contribution in [-0.4, -0.2) is 19.1 Å². The number of hydrogen-bond acceptors (Lipinski definition) is 2. The van der Waals surface area contributed by atoms with E-state index in [1.165, 1.54) is 11.0 Å². The first kappa shape index (κ1) is 12.3. The van der Waals surface area contributed by atoms with Gasteiger partial charge in [-0.25, -0.2) is 4.79 Å². The van der Waals surface area contributed by atoms with Gasteiger partial charge in [0.25, 0.3) is 0 Å². The molecule has 2 heterocycles. The molecule has 1 aliphatic rings. The van der Waals surface area contributed by atoms with Gasteiger partial charge in [0.1, 0.15) is 0 Å². The molecule has 1 saturated heterocycles. The predicted molar refractivity (Wildman–Crippen MR) is 67.6 cm³/mol. The molecule has 1 N–H and O–H groups in total. The molecule has 1 fully saturated rings. The second kappa shape index (κ2) is 4.12. The zero-order chi connectivity index (χ0) is 13.6. The van der Waals surface area contributed by atoms with E-state index in [0.29, 0.717) is 23.5 Å². The minimum absolute atomic E-state index is 0.181. The highest BCUT2D eigenvalue weighted by atomic mass is 32.1. The van der Waals surface area contributed by atoms with E-state index in [0.717, 1.165) is 16.7 Å². The molecule has 2 amide bonds. The highest BCUT2D eigenvalue weighted by Gasteiger charge is 2.33. The molecule has 100 valence electrons. The molecule has 3 nitrogen and oxygen atoms in total. The predicted octanol–water partition coefficient (Wildman–Crippen LogP) is 3.45. The van der Waals surface area contributed by atoms with Gasteiger partial charge < -0.3 is 5.32 Å². The van der Waals surface area contributed by atoms with Crippen LogP contribution in [0, 0.1) is 0 Å². The van der Waals surface area contributed by atoms with Crippen LogP contribution in [0.25, 0.3) is 10.1 Å². The molecule has 0 atom stereocenters. The van der Waals surface area contributed by atoms with Crippen LogP contribution >= 0.6 is 11.3 Å². The van der Waals surface area contributed by atoms with Crippen molar-refractivity contribution in [2.75, 3.05) is 18.0 Å². The van der Waals surface area contributed by atoms with Gasteiger partial charge in [0, 0.05) is 34.2 Å². The molecule has 2 aromatic rings. The lowest BCUT2D eigenvalue weighted by Gasteiger charge is -2.14. The summed E-state index contributed by atoms with van der Waals surface area (Å²) in [6, 6.07) is 4.39. The summed E-state index contributed by atoms with van der Waals surface area (Å²) in [6.07, 6.45) is -4.34. The largest absolute Gasteiger partial charge is 0.417 e. The Bertz CT molecular complexity index is 650. The summed E-state index contributed by atoms with van der Waals surface area (Å²) >= 11 is 1.04. The van der Waals surface area contributed by atoms with E-state index in [-0.39, 0.29) is 11.4 Å². The molecular weight excluding hydrogens is 277 g/mol. The number of nitrogens with one attached hydrogen (secondary N) is 1. The minimum Gasteiger partial charge on any atom is -0.336 e. The minimum atomic E-state index is -4.34. The van der Waals surface area contributed by atoms with Gasteiger partial charge in [-0.3, -0.25) is 4.90 Å². The Kier molecular flexibility index (Phi) is 2.67. The van der Waals surface area contributed by atoms with E-state index in [1.807, 2.05) is 0 Å². The number of anilines is 1. The van der Waals surface area contributed by atoms with Crippen molar-refractivity contribution in [3.63, 3.8) is 0 Å². The zero-order valence-electron chi connectivity index (χ0n) is 9.62. The third-order valence-corrected chi connectivity index (χ3v) is 3.98. The summed E-state index contributed by atoms with van der Waals surface area (Å²) in [5.41, 5.74) is 0.00278. The third-order valence-electron chi connectivity index (χ3n) is 3.03. The van der Waals surface area contributed by atoms with Gasteiger partial charge >= 0.3 is 12.2 Å².